The monoisotopic (exact) mass is 305 g/mol. The molecule has 1 aromatic carbocycles. The van der Waals surface area contributed by atoms with Crippen molar-refractivity contribution >= 4 is 19.9 Å². The van der Waals surface area contributed by atoms with E-state index < -0.39 is 19.9 Å². The first-order valence-electron chi connectivity index (χ1n) is 5.78. The minimum absolute atomic E-state index is 0.0102. The average molecular weight is 305 g/mol. The zero-order chi connectivity index (χ0) is 14.1. The molecule has 0 amide bonds. The molecule has 1 aliphatic rings. The van der Waals surface area contributed by atoms with Crippen LogP contribution in [0.1, 0.15) is 6.42 Å². The number of aromatic hydroxyl groups is 1. The summed E-state index contributed by atoms with van der Waals surface area (Å²) in [6, 6.07) is 5.61. The normalized spacial score (nSPS) is 22.4. The summed E-state index contributed by atoms with van der Waals surface area (Å²) in [6.45, 7) is 0.0654. The second-order valence-electron chi connectivity index (χ2n) is 4.59. The topological polar surface area (TPSA) is 101 Å². The third-order valence-electron chi connectivity index (χ3n) is 3.04. The minimum atomic E-state index is -3.81. The molecule has 1 atom stereocenters. The van der Waals surface area contributed by atoms with Crippen molar-refractivity contribution in [2.45, 2.75) is 11.3 Å². The third-order valence-corrected chi connectivity index (χ3v) is 6.35. The molecular formula is C11H15NO5S2. The number of hydrogen-bond acceptors (Lipinski definition) is 5. The average Bonchev–Trinajstić information content (AvgIpc) is 2.67. The summed E-state index contributed by atoms with van der Waals surface area (Å²) in [4.78, 5) is -0.198. The maximum atomic E-state index is 12.0. The van der Waals surface area contributed by atoms with Crippen LogP contribution in [0.3, 0.4) is 0 Å². The number of hydrogen-bond donors (Lipinski definition) is 2. The zero-order valence-corrected chi connectivity index (χ0v) is 11.7. The molecule has 2 N–H and O–H groups in total. The Balaban J connectivity index is 2.05. The van der Waals surface area contributed by atoms with E-state index in [4.69, 9.17) is 0 Å². The Morgan fingerprint density at radius 1 is 1.32 bits per heavy atom. The molecule has 1 saturated heterocycles. The molecule has 106 valence electrons. The van der Waals surface area contributed by atoms with Crippen molar-refractivity contribution < 1.29 is 21.9 Å². The highest BCUT2D eigenvalue weighted by atomic mass is 32.2. The number of rotatable bonds is 4. The Bertz CT molecular complexity index is 666. The molecule has 2 rings (SSSR count). The highest BCUT2D eigenvalue weighted by molar-refractivity contribution is 7.91. The van der Waals surface area contributed by atoms with Crippen LogP contribution >= 0.6 is 0 Å². The van der Waals surface area contributed by atoms with Crippen LogP contribution in [0.4, 0.5) is 0 Å². The molecule has 0 radical (unpaired) electrons. The van der Waals surface area contributed by atoms with Crippen molar-refractivity contribution in [3.05, 3.63) is 24.3 Å². The number of phenols is 1. The Kier molecular flexibility index (Phi) is 3.84. The molecule has 1 heterocycles. The SMILES string of the molecule is O=S1(=O)CCC(CNS(=O)(=O)c2ccccc2O)C1. The predicted octanol–water partition coefficient (Wildman–Crippen LogP) is 0.105. The molecule has 6 nitrogen and oxygen atoms in total. The van der Waals surface area contributed by atoms with Crippen molar-refractivity contribution in [2.75, 3.05) is 18.1 Å². The van der Waals surface area contributed by atoms with Gasteiger partial charge in [0.05, 0.1) is 11.5 Å². The summed E-state index contributed by atoms with van der Waals surface area (Å²) in [5, 5.41) is 9.51. The van der Waals surface area contributed by atoms with Crippen LogP contribution in [0.5, 0.6) is 5.75 Å². The first kappa shape index (κ1) is 14.3. The molecule has 1 fully saturated rings. The Morgan fingerprint density at radius 3 is 2.58 bits per heavy atom. The molecule has 0 aromatic heterocycles. The van der Waals surface area contributed by atoms with Gasteiger partial charge in [0.25, 0.3) is 0 Å². The molecule has 0 bridgehead atoms. The second-order valence-corrected chi connectivity index (χ2v) is 8.55. The van der Waals surface area contributed by atoms with Crippen molar-refractivity contribution in [2.24, 2.45) is 5.92 Å². The van der Waals surface area contributed by atoms with E-state index in [1.54, 1.807) is 0 Å². The van der Waals surface area contributed by atoms with Gasteiger partial charge in [-0.2, -0.15) is 0 Å². The van der Waals surface area contributed by atoms with Gasteiger partial charge >= 0.3 is 0 Å². The summed E-state index contributed by atoms with van der Waals surface area (Å²) >= 11 is 0. The van der Waals surface area contributed by atoms with E-state index >= 15 is 0 Å². The summed E-state index contributed by atoms with van der Waals surface area (Å²) in [7, 11) is -6.83. The van der Waals surface area contributed by atoms with Crippen molar-refractivity contribution in [3.63, 3.8) is 0 Å². The van der Waals surface area contributed by atoms with Crippen molar-refractivity contribution in [1.82, 2.24) is 4.72 Å². The van der Waals surface area contributed by atoms with Gasteiger partial charge in [0.15, 0.2) is 9.84 Å². The molecule has 0 spiro atoms. The molecule has 1 aliphatic heterocycles. The van der Waals surface area contributed by atoms with Gasteiger partial charge in [0.2, 0.25) is 10.0 Å². The largest absolute Gasteiger partial charge is 0.507 e. The van der Waals surface area contributed by atoms with Crippen LogP contribution < -0.4 is 4.72 Å². The fourth-order valence-electron chi connectivity index (χ4n) is 2.02. The van der Waals surface area contributed by atoms with Crippen LogP contribution in [-0.2, 0) is 19.9 Å². The fraction of sp³-hybridized carbons (Fsp3) is 0.455. The van der Waals surface area contributed by atoms with Gasteiger partial charge in [0, 0.05) is 6.54 Å². The van der Waals surface area contributed by atoms with E-state index in [1.165, 1.54) is 24.3 Å². The Morgan fingerprint density at radius 2 is 2.00 bits per heavy atom. The lowest BCUT2D eigenvalue weighted by atomic mass is 10.1. The third kappa shape index (κ3) is 3.46. The molecule has 1 unspecified atom stereocenters. The Hall–Kier alpha value is -1.12. The summed E-state index contributed by atoms with van der Waals surface area (Å²) in [5.74, 6) is -0.411. The predicted molar refractivity (Wildman–Crippen MR) is 70.1 cm³/mol. The molecule has 8 heteroatoms. The lowest BCUT2D eigenvalue weighted by Crippen LogP contribution is -2.30. The highest BCUT2D eigenvalue weighted by Crippen LogP contribution is 2.22. The Labute approximate surface area is 112 Å². The van der Waals surface area contributed by atoms with E-state index in [9.17, 15) is 21.9 Å². The molecule has 1 aromatic rings. The number of benzene rings is 1. The van der Waals surface area contributed by atoms with E-state index in [-0.39, 0.29) is 34.6 Å². The van der Waals surface area contributed by atoms with Gasteiger partial charge in [-0.25, -0.2) is 21.6 Å². The summed E-state index contributed by atoms with van der Waals surface area (Å²) < 4.78 is 48.8. The first-order valence-corrected chi connectivity index (χ1v) is 9.09. The first-order chi connectivity index (χ1) is 8.80. The fourth-order valence-corrected chi connectivity index (χ4v) is 5.10. The molecule has 0 saturated carbocycles. The van der Waals surface area contributed by atoms with E-state index in [0.717, 1.165) is 0 Å². The van der Waals surface area contributed by atoms with E-state index in [0.29, 0.717) is 6.42 Å². The van der Waals surface area contributed by atoms with E-state index in [1.807, 2.05) is 0 Å². The smallest absolute Gasteiger partial charge is 0.244 e. The number of sulfone groups is 1. The van der Waals surface area contributed by atoms with Crippen molar-refractivity contribution in [3.8, 4) is 5.75 Å². The van der Waals surface area contributed by atoms with Crippen LogP contribution in [-0.4, -0.2) is 40.0 Å². The quantitative estimate of drug-likeness (QED) is 0.822. The standard InChI is InChI=1S/C11H15NO5S2/c13-10-3-1-2-4-11(10)19(16,17)12-7-9-5-6-18(14,15)8-9/h1-4,9,12-13H,5-8H2. The van der Waals surface area contributed by atoms with Gasteiger partial charge in [-0.05, 0) is 24.5 Å². The number of nitrogens with one attached hydrogen (secondary N) is 1. The lowest BCUT2D eigenvalue weighted by Gasteiger charge is -2.11. The number of para-hydroxylation sites is 1. The van der Waals surface area contributed by atoms with Gasteiger partial charge < -0.3 is 5.11 Å². The maximum Gasteiger partial charge on any atom is 0.244 e. The van der Waals surface area contributed by atoms with Crippen LogP contribution in [0, 0.1) is 5.92 Å². The molecular weight excluding hydrogens is 290 g/mol. The number of sulfonamides is 1. The zero-order valence-electron chi connectivity index (χ0n) is 10.1. The number of phenolic OH excluding ortho intramolecular Hbond substituents is 1. The van der Waals surface area contributed by atoms with Gasteiger partial charge in [0.1, 0.15) is 10.6 Å². The van der Waals surface area contributed by atoms with E-state index in [2.05, 4.69) is 4.72 Å². The van der Waals surface area contributed by atoms with Crippen molar-refractivity contribution in [1.29, 1.82) is 0 Å². The van der Waals surface area contributed by atoms with Crippen LogP contribution in [0.2, 0.25) is 0 Å². The molecule has 0 aliphatic carbocycles. The molecule has 19 heavy (non-hydrogen) atoms. The van der Waals surface area contributed by atoms with Crippen LogP contribution in [0.15, 0.2) is 29.2 Å². The second kappa shape index (κ2) is 5.10. The lowest BCUT2D eigenvalue weighted by molar-refractivity contribution is 0.457. The highest BCUT2D eigenvalue weighted by Gasteiger charge is 2.29. The van der Waals surface area contributed by atoms with Gasteiger partial charge in [-0.1, -0.05) is 12.1 Å². The van der Waals surface area contributed by atoms with Gasteiger partial charge in [-0.15, -0.1) is 0 Å². The van der Waals surface area contributed by atoms with Gasteiger partial charge in [-0.3, -0.25) is 0 Å². The summed E-state index contributed by atoms with van der Waals surface area (Å²) in [5.41, 5.74) is 0. The summed E-state index contributed by atoms with van der Waals surface area (Å²) in [6.07, 6.45) is 0.464. The van der Waals surface area contributed by atoms with Crippen LogP contribution in [0.25, 0.3) is 0 Å². The minimum Gasteiger partial charge on any atom is -0.507 e. The maximum absolute atomic E-state index is 12.0.